The molecule has 45 heavy (non-hydrogen) atoms. The van der Waals surface area contributed by atoms with Gasteiger partial charge in [-0.2, -0.15) is 0 Å². The van der Waals surface area contributed by atoms with Gasteiger partial charge in [-0.1, -0.05) is 48.5 Å². The summed E-state index contributed by atoms with van der Waals surface area (Å²) in [5, 5.41) is 5.67. The van der Waals surface area contributed by atoms with Crippen molar-refractivity contribution >= 4 is 23.8 Å². The maximum atomic E-state index is 13.3. The van der Waals surface area contributed by atoms with Crippen LogP contribution in [0.3, 0.4) is 0 Å². The van der Waals surface area contributed by atoms with E-state index in [9.17, 15) is 19.2 Å². The fourth-order valence-corrected chi connectivity index (χ4v) is 5.05. The van der Waals surface area contributed by atoms with E-state index in [4.69, 9.17) is 14.2 Å². The molecule has 1 unspecified atom stereocenters. The van der Waals surface area contributed by atoms with Crippen LogP contribution in [0.15, 0.2) is 84.9 Å². The highest BCUT2D eigenvalue weighted by atomic mass is 16.6. The second-order valence-corrected chi connectivity index (χ2v) is 11.9. The Morgan fingerprint density at radius 3 is 2.29 bits per heavy atom. The Morgan fingerprint density at radius 1 is 0.911 bits per heavy atom. The molecule has 2 amide bonds. The lowest BCUT2D eigenvalue weighted by Gasteiger charge is -2.25. The van der Waals surface area contributed by atoms with Crippen LogP contribution in [0.2, 0.25) is 0 Å². The largest absolute Gasteiger partial charge is 0.489 e. The molecule has 0 spiro atoms. The Kier molecular flexibility index (Phi) is 11.1. The quantitative estimate of drug-likeness (QED) is 0.207. The fraction of sp³-hybridized carbons (Fsp3) is 0.333. The van der Waals surface area contributed by atoms with Crippen molar-refractivity contribution in [2.24, 2.45) is 0 Å². The van der Waals surface area contributed by atoms with E-state index in [1.165, 1.54) is 24.8 Å². The molecule has 0 aliphatic heterocycles. The van der Waals surface area contributed by atoms with E-state index in [1.807, 2.05) is 30.3 Å². The van der Waals surface area contributed by atoms with E-state index in [-0.39, 0.29) is 18.4 Å². The first kappa shape index (κ1) is 33.0. The van der Waals surface area contributed by atoms with Crippen LogP contribution in [0.1, 0.15) is 72.3 Å². The van der Waals surface area contributed by atoms with Crippen molar-refractivity contribution < 1.29 is 33.4 Å². The zero-order chi connectivity index (χ0) is 32.4. The standard InChI is InChI=1S/C36H40N2O7/c1-36(2,3)45-35(42)38-31(32(39)20-21-33(40)37-30-11-7-9-26-8-5-6-10-29(26)30)22-24-14-18-28(19-15-24)44-23-25-12-16-27(17-13-25)34(41)43-4/h5-6,8,10,12-21,30-31H,7,9,11,22-23H2,1-4H3,(H,37,40)(H,38,42)/t30-,31?/m1/s1. The molecule has 0 fully saturated rings. The summed E-state index contributed by atoms with van der Waals surface area (Å²) in [7, 11) is 1.34. The molecule has 3 aromatic carbocycles. The lowest BCUT2D eigenvalue weighted by molar-refractivity contribution is -0.119. The van der Waals surface area contributed by atoms with Crippen LogP contribution in [0.4, 0.5) is 4.79 Å². The zero-order valence-electron chi connectivity index (χ0n) is 26.1. The molecular weight excluding hydrogens is 572 g/mol. The first-order chi connectivity index (χ1) is 21.5. The minimum absolute atomic E-state index is 0.113. The molecule has 9 heteroatoms. The average molecular weight is 613 g/mol. The molecular formula is C36H40N2O7. The number of carbonyl (C=O) groups is 4. The summed E-state index contributed by atoms with van der Waals surface area (Å²) < 4.78 is 16.0. The third kappa shape index (κ3) is 10.1. The van der Waals surface area contributed by atoms with Crippen molar-refractivity contribution in [1.82, 2.24) is 10.6 Å². The molecule has 4 rings (SSSR count). The zero-order valence-corrected chi connectivity index (χ0v) is 26.1. The number of benzene rings is 3. The number of amides is 2. The van der Waals surface area contributed by atoms with Gasteiger partial charge in [-0.15, -0.1) is 0 Å². The summed E-state index contributed by atoms with van der Waals surface area (Å²) in [6.45, 7) is 5.51. The molecule has 0 radical (unpaired) electrons. The van der Waals surface area contributed by atoms with Crippen molar-refractivity contribution in [3.05, 3.63) is 113 Å². The summed E-state index contributed by atoms with van der Waals surface area (Å²) in [5.74, 6) is -0.599. The van der Waals surface area contributed by atoms with Crippen LogP contribution in [0, 0.1) is 0 Å². The van der Waals surface area contributed by atoms with Crippen LogP contribution in [-0.2, 0) is 38.5 Å². The second-order valence-electron chi connectivity index (χ2n) is 11.9. The number of aryl methyl sites for hydroxylation is 1. The number of fused-ring (bicyclic) bond motifs is 1. The Labute approximate surface area is 264 Å². The number of ketones is 1. The average Bonchev–Trinajstić information content (AvgIpc) is 3.02. The Morgan fingerprint density at radius 2 is 1.60 bits per heavy atom. The van der Waals surface area contributed by atoms with Gasteiger partial charge < -0.3 is 24.8 Å². The minimum atomic E-state index is -0.959. The van der Waals surface area contributed by atoms with Crippen molar-refractivity contribution in [3.8, 4) is 5.75 Å². The number of carbonyl (C=O) groups excluding carboxylic acids is 4. The third-order valence-electron chi connectivity index (χ3n) is 7.26. The maximum absolute atomic E-state index is 13.3. The van der Waals surface area contributed by atoms with Crippen molar-refractivity contribution in [2.75, 3.05) is 7.11 Å². The molecule has 9 nitrogen and oxygen atoms in total. The number of esters is 1. The molecule has 0 heterocycles. The SMILES string of the molecule is COC(=O)c1ccc(COc2ccc(CC(NC(=O)OC(C)(C)C)C(=O)C=CC(=O)N[C@@H]3CCCc4ccccc43)cc2)cc1. The minimum Gasteiger partial charge on any atom is -0.489 e. The van der Waals surface area contributed by atoms with Gasteiger partial charge in [0.25, 0.3) is 0 Å². The Hall–Kier alpha value is -4.92. The molecule has 0 saturated heterocycles. The Balaban J connectivity index is 1.38. The molecule has 2 atom stereocenters. The number of alkyl carbamates (subject to hydrolysis) is 1. The summed E-state index contributed by atoms with van der Waals surface area (Å²) in [6, 6.07) is 21.1. The normalized spacial score (nSPS) is 15.0. The van der Waals surface area contributed by atoms with Gasteiger partial charge in [0.05, 0.1) is 24.8 Å². The molecule has 236 valence electrons. The van der Waals surface area contributed by atoms with Gasteiger partial charge in [-0.25, -0.2) is 9.59 Å². The summed E-state index contributed by atoms with van der Waals surface area (Å²) in [4.78, 5) is 50.3. The summed E-state index contributed by atoms with van der Waals surface area (Å²) in [6.07, 6.45) is 4.65. The van der Waals surface area contributed by atoms with Gasteiger partial charge in [-0.05, 0) is 92.6 Å². The summed E-state index contributed by atoms with van der Waals surface area (Å²) in [5.41, 5.74) is 3.69. The topological polar surface area (TPSA) is 120 Å². The van der Waals surface area contributed by atoms with E-state index in [0.717, 1.165) is 36.0 Å². The van der Waals surface area contributed by atoms with E-state index >= 15 is 0 Å². The van der Waals surface area contributed by atoms with E-state index in [1.54, 1.807) is 57.2 Å². The first-order valence-electron chi connectivity index (χ1n) is 15.0. The highest BCUT2D eigenvalue weighted by molar-refractivity contribution is 6.01. The molecule has 0 bridgehead atoms. The highest BCUT2D eigenvalue weighted by Gasteiger charge is 2.24. The van der Waals surface area contributed by atoms with Crippen molar-refractivity contribution in [1.29, 1.82) is 0 Å². The van der Waals surface area contributed by atoms with Crippen LogP contribution in [-0.4, -0.2) is 42.5 Å². The first-order valence-corrected chi connectivity index (χ1v) is 15.0. The van der Waals surface area contributed by atoms with Gasteiger partial charge in [0, 0.05) is 12.5 Å². The van der Waals surface area contributed by atoms with Crippen LogP contribution in [0.5, 0.6) is 5.75 Å². The van der Waals surface area contributed by atoms with Crippen LogP contribution in [0.25, 0.3) is 0 Å². The van der Waals surface area contributed by atoms with Gasteiger partial charge in [0.15, 0.2) is 5.78 Å². The lowest BCUT2D eigenvalue weighted by Crippen LogP contribution is -2.44. The molecule has 1 aliphatic rings. The molecule has 0 saturated carbocycles. The lowest BCUT2D eigenvalue weighted by atomic mass is 9.88. The van der Waals surface area contributed by atoms with Gasteiger partial charge >= 0.3 is 12.1 Å². The van der Waals surface area contributed by atoms with Gasteiger partial charge in [0.1, 0.15) is 18.0 Å². The number of hydrogen-bond donors (Lipinski definition) is 2. The van der Waals surface area contributed by atoms with Crippen LogP contribution >= 0.6 is 0 Å². The van der Waals surface area contributed by atoms with E-state index in [2.05, 4.69) is 16.7 Å². The monoisotopic (exact) mass is 612 g/mol. The molecule has 3 aromatic rings. The summed E-state index contributed by atoms with van der Waals surface area (Å²) >= 11 is 0. The van der Waals surface area contributed by atoms with Crippen molar-refractivity contribution in [2.45, 2.75) is 70.7 Å². The fourth-order valence-electron chi connectivity index (χ4n) is 5.05. The number of methoxy groups -OCH3 is 1. The second kappa shape index (κ2) is 15.2. The Bertz CT molecular complexity index is 1520. The third-order valence-corrected chi connectivity index (χ3v) is 7.26. The van der Waals surface area contributed by atoms with Gasteiger partial charge in [0.2, 0.25) is 5.91 Å². The molecule has 1 aliphatic carbocycles. The molecule has 0 aromatic heterocycles. The van der Waals surface area contributed by atoms with Gasteiger partial charge in [-0.3, -0.25) is 9.59 Å². The smallest absolute Gasteiger partial charge is 0.408 e. The number of hydrogen-bond acceptors (Lipinski definition) is 7. The molecule has 2 N–H and O–H groups in total. The van der Waals surface area contributed by atoms with Crippen molar-refractivity contribution in [3.63, 3.8) is 0 Å². The van der Waals surface area contributed by atoms with E-state index in [0.29, 0.717) is 17.9 Å². The predicted molar refractivity (Wildman–Crippen MR) is 170 cm³/mol. The number of nitrogens with one attached hydrogen (secondary N) is 2. The highest BCUT2D eigenvalue weighted by Crippen LogP contribution is 2.29. The van der Waals surface area contributed by atoms with Crippen LogP contribution < -0.4 is 15.4 Å². The van der Waals surface area contributed by atoms with E-state index < -0.39 is 29.5 Å². The maximum Gasteiger partial charge on any atom is 0.408 e. The predicted octanol–water partition coefficient (Wildman–Crippen LogP) is 5.81. The number of ether oxygens (including phenoxy) is 3. The number of rotatable bonds is 11.